The number of carbonyl (C=O) groups is 1. The highest BCUT2D eigenvalue weighted by Gasteiger charge is 2.04. The number of anilines is 1. The molecule has 1 N–H and O–H groups in total. The highest BCUT2D eigenvalue weighted by atomic mass is 16.5. The first-order valence-corrected chi connectivity index (χ1v) is 10.7. The van der Waals surface area contributed by atoms with Gasteiger partial charge in [0.05, 0.1) is 12.7 Å². The molecule has 0 aliphatic rings. The van der Waals surface area contributed by atoms with Crippen LogP contribution in [0.3, 0.4) is 0 Å². The maximum Gasteiger partial charge on any atom is 0.337 e. The van der Waals surface area contributed by atoms with Crippen molar-refractivity contribution < 1.29 is 9.53 Å². The van der Waals surface area contributed by atoms with Gasteiger partial charge < -0.3 is 10.1 Å². The summed E-state index contributed by atoms with van der Waals surface area (Å²) >= 11 is 0. The third-order valence-electron chi connectivity index (χ3n) is 5.16. The molecule has 1 atom stereocenters. The molecule has 2 rings (SSSR count). The molecule has 0 amide bonds. The van der Waals surface area contributed by atoms with Crippen LogP contribution in [-0.2, 0) is 4.74 Å². The molecule has 0 spiro atoms. The topological polar surface area (TPSA) is 38.3 Å². The Bertz CT molecular complexity index is 760. The lowest BCUT2D eigenvalue weighted by Gasteiger charge is -2.13. The van der Waals surface area contributed by atoms with Crippen molar-refractivity contribution in [1.29, 1.82) is 0 Å². The Morgan fingerprint density at radius 1 is 0.897 bits per heavy atom. The fourth-order valence-electron chi connectivity index (χ4n) is 3.23. The molecule has 0 saturated heterocycles. The third kappa shape index (κ3) is 8.55. The summed E-state index contributed by atoms with van der Waals surface area (Å²) in [5.41, 5.74) is 3.93. The molecule has 0 bridgehead atoms. The maximum atomic E-state index is 11.5. The quantitative estimate of drug-likeness (QED) is 0.333. The number of benzene rings is 2. The molecular formula is C26H35NO2. The second-order valence-electron chi connectivity index (χ2n) is 8.21. The summed E-state index contributed by atoms with van der Waals surface area (Å²) in [4.78, 5) is 11.5. The van der Waals surface area contributed by atoms with Crippen molar-refractivity contribution in [3.63, 3.8) is 0 Å². The van der Waals surface area contributed by atoms with Crippen molar-refractivity contribution in [1.82, 2.24) is 0 Å². The van der Waals surface area contributed by atoms with E-state index in [9.17, 15) is 4.79 Å². The second-order valence-corrected chi connectivity index (χ2v) is 8.21. The number of ether oxygens (including phenoxy) is 1. The summed E-state index contributed by atoms with van der Waals surface area (Å²) in [6.45, 7) is 7.97. The van der Waals surface area contributed by atoms with Crippen LogP contribution in [0, 0.1) is 11.8 Å². The largest absolute Gasteiger partial charge is 0.465 e. The smallest absolute Gasteiger partial charge is 0.337 e. The normalized spacial score (nSPS) is 12.3. The summed E-state index contributed by atoms with van der Waals surface area (Å²) in [6.07, 6.45) is 9.33. The van der Waals surface area contributed by atoms with Crippen molar-refractivity contribution in [3.05, 3.63) is 65.2 Å². The van der Waals surface area contributed by atoms with Crippen LogP contribution in [0.15, 0.2) is 48.5 Å². The Morgan fingerprint density at radius 3 is 2.03 bits per heavy atom. The van der Waals surface area contributed by atoms with Gasteiger partial charge in [-0.15, -0.1) is 0 Å². The van der Waals surface area contributed by atoms with Crippen LogP contribution < -0.4 is 5.32 Å². The molecule has 0 aliphatic heterocycles. The van der Waals surface area contributed by atoms with Crippen LogP contribution >= 0.6 is 0 Å². The molecule has 0 aromatic heterocycles. The van der Waals surface area contributed by atoms with Crippen LogP contribution in [-0.4, -0.2) is 19.6 Å². The highest BCUT2D eigenvalue weighted by molar-refractivity contribution is 5.89. The summed E-state index contributed by atoms with van der Waals surface area (Å²) < 4.78 is 4.72. The van der Waals surface area contributed by atoms with Crippen LogP contribution in [0.25, 0.3) is 12.2 Å². The van der Waals surface area contributed by atoms with E-state index in [1.54, 1.807) is 12.1 Å². The molecular weight excluding hydrogens is 358 g/mol. The van der Waals surface area contributed by atoms with E-state index in [2.05, 4.69) is 56.4 Å². The van der Waals surface area contributed by atoms with Gasteiger partial charge in [-0.05, 0) is 53.6 Å². The van der Waals surface area contributed by atoms with E-state index < -0.39 is 0 Å². The molecule has 3 nitrogen and oxygen atoms in total. The van der Waals surface area contributed by atoms with E-state index in [0.29, 0.717) is 5.56 Å². The van der Waals surface area contributed by atoms with E-state index in [4.69, 9.17) is 4.74 Å². The second kappa shape index (κ2) is 12.1. The molecule has 3 heteroatoms. The van der Waals surface area contributed by atoms with Gasteiger partial charge in [-0.25, -0.2) is 4.79 Å². The Hall–Kier alpha value is -2.55. The molecule has 0 saturated carbocycles. The predicted molar refractivity (Wildman–Crippen MR) is 124 cm³/mol. The van der Waals surface area contributed by atoms with Crippen LogP contribution in [0.5, 0.6) is 0 Å². The molecule has 29 heavy (non-hydrogen) atoms. The zero-order chi connectivity index (χ0) is 21.1. The van der Waals surface area contributed by atoms with Crippen LogP contribution in [0.4, 0.5) is 5.69 Å². The number of carbonyl (C=O) groups excluding carboxylic acids is 1. The molecule has 156 valence electrons. The van der Waals surface area contributed by atoms with E-state index in [1.165, 1.54) is 38.5 Å². The predicted octanol–water partition coefficient (Wildman–Crippen LogP) is 6.91. The zero-order valence-corrected chi connectivity index (χ0v) is 18.3. The minimum Gasteiger partial charge on any atom is -0.465 e. The first-order valence-electron chi connectivity index (χ1n) is 10.7. The first-order chi connectivity index (χ1) is 14.0. The number of nitrogens with one attached hydrogen (secondary N) is 1. The van der Waals surface area contributed by atoms with Gasteiger partial charge in [0.25, 0.3) is 0 Å². The third-order valence-corrected chi connectivity index (χ3v) is 5.16. The Labute approximate surface area is 176 Å². The fraction of sp³-hybridized carbons (Fsp3) is 0.423. The molecule has 0 heterocycles. The average Bonchev–Trinajstić information content (AvgIpc) is 2.72. The van der Waals surface area contributed by atoms with Gasteiger partial charge in [0, 0.05) is 12.2 Å². The minimum atomic E-state index is -0.312. The van der Waals surface area contributed by atoms with Gasteiger partial charge in [0.1, 0.15) is 0 Å². The van der Waals surface area contributed by atoms with Crippen molar-refractivity contribution in [2.24, 2.45) is 11.8 Å². The van der Waals surface area contributed by atoms with Crippen molar-refractivity contribution in [3.8, 4) is 0 Å². The number of esters is 1. The lowest BCUT2D eigenvalue weighted by molar-refractivity contribution is 0.0600. The van der Waals surface area contributed by atoms with E-state index in [1.807, 2.05) is 18.2 Å². The van der Waals surface area contributed by atoms with Gasteiger partial charge >= 0.3 is 5.97 Å². The SMILES string of the molecule is COC(=O)c1ccc(/C=C/c2ccc(NCCC(C)CCCC(C)C)cc2)cc1. The van der Waals surface area contributed by atoms with E-state index in [0.717, 1.165) is 29.5 Å². The molecule has 0 aliphatic carbocycles. The zero-order valence-electron chi connectivity index (χ0n) is 18.3. The number of hydrogen-bond donors (Lipinski definition) is 1. The number of hydrogen-bond acceptors (Lipinski definition) is 3. The molecule has 2 aromatic rings. The van der Waals surface area contributed by atoms with Gasteiger partial charge in [-0.2, -0.15) is 0 Å². The number of methoxy groups -OCH3 is 1. The van der Waals surface area contributed by atoms with Gasteiger partial charge in [0.15, 0.2) is 0 Å². The van der Waals surface area contributed by atoms with Crippen molar-refractivity contribution in [2.45, 2.75) is 46.5 Å². The summed E-state index contributed by atoms with van der Waals surface area (Å²) in [5, 5.41) is 3.53. The molecule has 0 fully saturated rings. The van der Waals surface area contributed by atoms with Crippen molar-refractivity contribution in [2.75, 3.05) is 19.0 Å². The standard InChI is InChI=1S/C26H35NO2/c1-20(2)6-5-7-21(3)18-19-27-25-16-12-23(13-17-25)9-8-22-10-14-24(15-11-22)26(28)29-4/h8-17,20-21,27H,5-7,18-19H2,1-4H3/b9-8+. The van der Waals surface area contributed by atoms with Crippen LogP contribution in [0.2, 0.25) is 0 Å². The molecule has 1 unspecified atom stereocenters. The Kier molecular flexibility index (Phi) is 9.49. The summed E-state index contributed by atoms with van der Waals surface area (Å²) in [6, 6.07) is 15.9. The molecule has 2 aromatic carbocycles. The lowest BCUT2D eigenvalue weighted by Crippen LogP contribution is -2.07. The van der Waals surface area contributed by atoms with E-state index >= 15 is 0 Å². The summed E-state index contributed by atoms with van der Waals surface area (Å²) in [7, 11) is 1.39. The fourth-order valence-corrected chi connectivity index (χ4v) is 3.23. The Balaban J connectivity index is 1.76. The molecule has 0 radical (unpaired) electrons. The monoisotopic (exact) mass is 393 g/mol. The maximum absolute atomic E-state index is 11.5. The average molecular weight is 394 g/mol. The number of rotatable bonds is 11. The minimum absolute atomic E-state index is 0.312. The lowest BCUT2D eigenvalue weighted by atomic mass is 9.97. The summed E-state index contributed by atoms with van der Waals surface area (Å²) in [5.74, 6) is 1.27. The van der Waals surface area contributed by atoms with Crippen LogP contribution in [0.1, 0.15) is 67.9 Å². The van der Waals surface area contributed by atoms with Gasteiger partial charge in [0.2, 0.25) is 0 Å². The highest BCUT2D eigenvalue weighted by Crippen LogP contribution is 2.17. The Morgan fingerprint density at radius 2 is 1.48 bits per heavy atom. The van der Waals surface area contributed by atoms with Crippen molar-refractivity contribution >= 4 is 23.8 Å². The first kappa shape index (κ1) is 22.7. The van der Waals surface area contributed by atoms with E-state index in [-0.39, 0.29) is 5.97 Å². The van der Waals surface area contributed by atoms with Gasteiger partial charge in [-0.1, -0.05) is 76.5 Å². The van der Waals surface area contributed by atoms with Gasteiger partial charge in [-0.3, -0.25) is 0 Å².